The Labute approximate surface area is 106 Å². The van der Waals surface area contributed by atoms with Gasteiger partial charge >= 0.3 is 0 Å². The SMILES string of the molecule is CCCSCc1cc(C)cc2c1OCSC2. The monoisotopic (exact) mass is 254 g/mol. The van der Waals surface area contributed by atoms with Gasteiger partial charge in [0.2, 0.25) is 0 Å². The molecule has 1 aromatic rings. The molecule has 1 heterocycles. The molecule has 88 valence electrons. The first-order chi connectivity index (χ1) is 7.81. The van der Waals surface area contributed by atoms with Crippen LogP contribution in [0, 0.1) is 6.92 Å². The van der Waals surface area contributed by atoms with E-state index in [1.165, 1.54) is 28.9 Å². The fourth-order valence-corrected chi connectivity index (χ4v) is 3.49. The van der Waals surface area contributed by atoms with E-state index in [0.717, 1.165) is 23.2 Å². The number of aryl methyl sites for hydroxylation is 1. The van der Waals surface area contributed by atoms with Crippen LogP contribution in [0.2, 0.25) is 0 Å². The lowest BCUT2D eigenvalue weighted by atomic mass is 10.1. The molecule has 1 aromatic carbocycles. The van der Waals surface area contributed by atoms with Crippen molar-refractivity contribution in [2.24, 2.45) is 0 Å². The largest absolute Gasteiger partial charge is 0.482 e. The molecule has 16 heavy (non-hydrogen) atoms. The Morgan fingerprint density at radius 3 is 3.12 bits per heavy atom. The van der Waals surface area contributed by atoms with E-state index < -0.39 is 0 Å². The molecule has 0 N–H and O–H groups in total. The summed E-state index contributed by atoms with van der Waals surface area (Å²) in [5, 5.41) is 0. The van der Waals surface area contributed by atoms with Gasteiger partial charge in [-0.3, -0.25) is 0 Å². The number of thioether (sulfide) groups is 2. The second kappa shape index (κ2) is 5.87. The fraction of sp³-hybridized carbons (Fsp3) is 0.538. The minimum Gasteiger partial charge on any atom is -0.482 e. The molecule has 0 fully saturated rings. The van der Waals surface area contributed by atoms with Gasteiger partial charge in [0.05, 0.1) is 0 Å². The first-order valence-corrected chi connectivity index (χ1v) is 8.03. The van der Waals surface area contributed by atoms with Crippen LogP contribution in [0.15, 0.2) is 12.1 Å². The van der Waals surface area contributed by atoms with Crippen molar-refractivity contribution in [2.75, 3.05) is 11.7 Å². The summed E-state index contributed by atoms with van der Waals surface area (Å²) in [5.41, 5.74) is 4.12. The smallest absolute Gasteiger partial charge is 0.134 e. The Morgan fingerprint density at radius 2 is 2.31 bits per heavy atom. The van der Waals surface area contributed by atoms with E-state index in [0.29, 0.717) is 0 Å². The van der Waals surface area contributed by atoms with E-state index in [4.69, 9.17) is 4.74 Å². The zero-order chi connectivity index (χ0) is 11.4. The van der Waals surface area contributed by atoms with E-state index in [2.05, 4.69) is 26.0 Å². The summed E-state index contributed by atoms with van der Waals surface area (Å²) in [6.45, 7) is 4.40. The van der Waals surface area contributed by atoms with Crippen molar-refractivity contribution in [1.29, 1.82) is 0 Å². The van der Waals surface area contributed by atoms with E-state index >= 15 is 0 Å². The standard InChI is InChI=1S/C13H18OS2/c1-3-4-15-7-11-5-10(2)6-12-8-16-9-14-13(11)12/h5-6H,3-4,7-9H2,1-2H3. The highest BCUT2D eigenvalue weighted by Gasteiger charge is 2.15. The lowest BCUT2D eigenvalue weighted by Crippen LogP contribution is -2.06. The van der Waals surface area contributed by atoms with Gasteiger partial charge in [0.15, 0.2) is 0 Å². The minimum absolute atomic E-state index is 0.807. The van der Waals surface area contributed by atoms with Crippen molar-refractivity contribution < 1.29 is 4.74 Å². The normalized spacial score (nSPS) is 14.4. The van der Waals surface area contributed by atoms with Crippen LogP contribution in [0.3, 0.4) is 0 Å². The molecule has 0 saturated carbocycles. The Kier molecular flexibility index (Phi) is 4.47. The Morgan fingerprint density at radius 1 is 1.44 bits per heavy atom. The number of hydrogen-bond donors (Lipinski definition) is 0. The predicted octanol–water partition coefficient (Wildman–Crippen LogP) is 4.22. The number of fused-ring (bicyclic) bond motifs is 1. The third-order valence-corrected chi connectivity index (χ3v) is 4.55. The third kappa shape index (κ3) is 2.89. The van der Waals surface area contributed by atoms with Crippen LogP contribution in [-0.4, -0.2) is 11.7 Å². The molecule has 0 radical (unpaired) electrons. The molecular weight excluding hydrogens is 236 g/mol. The zero-order valence-electron chi connectivity index (χ0n) is 9.91. The van der Waals surface area contributed by atoms with Crippen molar-refractivity contribution in [2.45, 2.75) is 31.8 Å². The number of rotatable bonds is 4. The molecular formula is C13H18OS2. The van der Waals surface area contributed by atoms with Crippen molar-refractivity contribution >= 4 is 23.5 Å². The molecule has 1 aliphatic heterocycles. The highest BCUT2D eigenvalue weighted by Crippen LogP contribution is 2.35. The van der Waals surface area contributed by atoms with Gasteiger partial charge in [-0.1, -0.05) is 24.6 Å². The quantitative estimate of drug-likeness (QED) is 0.745. The van der Waals surface area contributed by atoms with Crippen molar-refractivity contribution in [3.8, 4) is 5.75 Å². The maximum Gasteiger partial charge on any atom is 0.134 e. The van der Waals surface area contributed by atoms with Gasteiger partial charge in [0.25, 0.3) is 0 Å². The van der Waals surface area contributed by atoms with Gasteiger partial charge in [0.1, 0.15) is 11.7 Å². The summed E-state index contributed by atoms with van der Waals surface area (Å²) < 4.78 is 5.79. The second-order valence-electron chi connectivity index (χ2n) is 4.08. The Balaban J connectivity index is 2.18. The first kappa shape index (κ1) is 12.2. The van der Waals surface area contributed by atoms with Crippen LogP contribution in [0.5, 0.6) is 5.75 Å². The van der Waals surface area contributed by atoms with Crippen LogP contribution in [0.1, 0.15) is 30.0 Å². The molecule has 0 unspecified atom stereocenters. The molecule has 0 amide bonds. The van der Waals surface area contributed by atoms with E-state index in [9.17, 15) is 0 Å². The van der Waals surface area contributed by atoms with Crippen LogP contribution >= 0.6 is 23.5 Å². The number of ether oxygens (including phenoxy) is 1. The average molecular weight is 254 g/mol. The molecule has 0 saturated heterocycles. The van der Waals surface area contributed by atoms with Gasteiger partial charge in [-0.2, -0.15) is 11.8 Å². The fourth-order valence-electron chi connectivity index (χ4n) is 1.91. The maximum absolute atomic E-state index is 5.79. The average Bonchev–Trinajstić information content (AvgIpc) is 2.29. The van der Waals surface area contributed by atoms with Crippen LogP contribution < -0.4 is 4.74 Å². The summed E-state index contributed by atoms with van der Waals surface area (Å²) >= 11 is 3.86. The highest BCUT2D eigenvalue weighted by atomic mass is 32.2. The topological polar surface area (TPSA) is 9.23 Å². The van der Waals surface area contributed by atoms with Gasteiger partial charge in [-0.25, -0.2) is 0 Å². The summed E-state index contributed by atoms with van der Waals surface area (Å²) in [6.07, 6.45) is 1.25. The van der Waals surface area contributed by atoms with Gasteiger partial charge in [-0.15, -0.1) is 11.8 Å². The van der Waals surface area contributed by atoms with E-state index in [1.54, 1.807) is 0 Å². The van der Waals surface area contributed by atoms with E-state index in [-0.39, 0.29) is 0 Å². The van der Waals surface area contributed by atoms with Crippen LogP contribution in [0.25, 0.3) is 0 Å². The Hall–Kier alpha value is -0.280. The molecule has 0 spiro atoms. The van der Waals surface area contributed by atoms with Crippen molar-refractivity contribution in [1.82, 2.24) is 0 Å². The summed E-state index contributed by atoms with van der Waals surface area (Å²) in [5.74, 6) is 5.39. The lowest BCUT2D eigenvalue weighted by molar-refractivity contribution is 0.381. The highest BCUT2D eigenvalue weighted by molar-refractivity contribution is 7.98. The molecule has 0 aromatic heterocycles. The van der Waals surface area contributed by atoms with Gasteiger partial charge in [0, 0.05) is 22.6 Å². The second-order valence-corrected chi connectivity index (χ2v) is 6.11. The summed E-state index contributed by atoms with van der Waals surface area (Å²) in [6, 6.07) is 4.53. The molecule has 2 rings (SSSR count). The third-order valence-electron chi connectivity index (χ3n) is 2.54. The molecule has 0 atom stereocenters. The molecule has 1 nitrogen and oxygen atoms in total. The number of benzene rings is 1. The van der Waals surface area contributed by atoms with Crippen molar-refractivity contribution in [3.63, 3.8) is 0 Å². The molecule has 0 bridgehead atoms. The first-order valence-electron chi connectivity index (χ1n) is 5.72. The minimum atomic E-state index is 0.807. The number of hydrogen-bond acceptors (Lipinski definition) is 3. The van der Waals surface area contributed by atoms with E-state index in [1.807, 2.05) is 23.5 Å². The van der Waals surface area contributed by atoms with Crippen molar-refractivity contribution in [3.05, 3.63) is 28.8 Å². The lowest BCUT2D eigenvalue weighted by Gasteiger charge is -2.20. The van der Waals surface area contributed by atoms with Gasteiger partial charge < -0.3 is 4.74 Å². The molecule has 3 heteroatoms. The van der Waals surface area contributed by atoms with Crippen LogP contribution in [-0.2, 0) is 11.5 Å². The molecule has 1 aliphatic rings. The Bertz CT molecular complexity index is 363. The van der Waals surface area contributed by atoms with Gasteiger partial charge in [-0.05, 0) is 19.1 Å². The summed E-state index contributed by atoms with van der Waals surface area (Å²) in [4.78, 5) is 0. The summed E-state index contributed by atoms with van der Waals surface area (Å²) in [7, 11) is 0. The van der Waals surface area contributed by atoms with Crippen LogP contribution in [0.4, 0.5) is 0 Å². The maximum atomic E-state index is 5.79. The molecule has 0 aliphatic carbocycles. The zero-order valence-corrected chi connectivity index (χ0v) is 11.5. The predicted molar refractivity (Wildman–Crippen MR) is 74.4 cm³/mol.